The summed E-state index contributed by atoms with van der Waals surface area (Å²) >= 11 is 0. The van der Waals surface area contributed by atoms with Crippen molar-refractivity contribution in [3.8, 4) is 78.4 Å². The molecule has 11 aromatic rings. The highest BCUT2D eigenvalue weighted by molar-refractivity contribution is 6.12. The van der Waals surface area contributed by atoms with E-state index in [2.05, 4.69) is 200 Å². The Kier molecular flexibility index (Phi) is 7.52. The number of nitrogens with zero attached hydrogens (tertiary/aromatic N) is 2. The predicted octanol–water partition coefficient (Wildman–Crippen LogP) is 15.1. The molecule has 0 saturated heterocycles. The van der Waals surface area contributed by atoms with E-state index in [1.54, 1.807) is 0 Å². The molecule has 0 aliphatic heterocycles. The fraction of sp³-hybridized carbons (Fsp3) is 0.0169. The molecule has 2 aliphatic rings. The molecule has 0 saturated carbocycles. The van der Waals surface area contributed by atoms with Crippen molar-refractivity contribution in [1.29, 1.82) is 0 Å². The molecule has 0 amide bonds. The minimum atomic E-state index is -0.608. The van der Waals surface area contributed by atoms with E-state index in [0.717, 1.165) is 55.6 Å². The zero-order valence-electron chi connectivity index (χ0n) is 33.6. The van der Waals surface area contributed by atoms with E-state index in [1.807, 2.05) is 18.2 Å². The average Bonchev–Trinajstić information content (AvgIpc) is 3.85. The number of rotatable bonds is 4. The van der Waals surface area contributed by atoms with E-state index >= 15 is 0 Å². The first-order chi connectivity index (χ1) is 30.7. The van der Waals surface area contributed by atoms with Crippen LogP contribution in [0.2, 0.25) is 0 Å². The van der Waals surface area contributed by atoms with Gasteiger partial charge in [0.1, 0.15) is 11.2 Å². The van der Waals surface area contributed by atoms with Crippen LogP contribution in [-0.4, -0.2) is 9.97 Å². The molecule has 0 atom stereocenters. The van der Waals surface area contributed by atoms with Gasteiger partial charge in [0.2, 0.25) is 0 Å². The Morgan fingerprint density at radius 1 is 0.306 bits per heavy atom. The molecule has 0 fully saturated rings. The van der Waals surface area contributed by atoms with Crippen LogP contribution in [0, 0.1) is 0 Å². The number of benzene rings is 9. The number of para-hydroxylation sites is 1. The lowest BCUT2D eigenvalue weighted by molar-refractivity contribution is 0.669. The van der Waals surface area contributed by atoms with Crippen LogP contribution < -0.4 is 0 Å². The lowest BCUT2D eigenvalue weighted by Crippen LogP contribution is -2.29. The maximum atomic E-state index is 6.40. The predicted molar refractivity (Wildman–Crippen MR) is 253 cm³/mol. The zero-order valence-corrected chi connectivity index (χ0v) is 33.6. The van der Waals surface area contributed by atoms with Crippen LogP contribution in [0.25, 0.3) is 100 Å². The van der Waals surface area contributed by atoms with Gasteiger partial charge in [-0.05, 0) is 91.0 Å². The molecule has 9 aromatic carbocycles. The van der Waals surface area contributed by atoms with Gasteiger partial charge in [0, 0.05) is 27.5 Å². The van der Waals surface area contributed by atoms with Crippen molar-refractivity contribution in [3.05, 3.63) is 241 Å². The van der Waals surface area contributed by atoms with Gasteiger partial charge in [0.15, 0.2) is 5.82 Å². The average molecular weight is 789 g/mol. The van der Waals surface area contributed by atoms with Crippen LogP contribution in [0.3, 0.4) is 0 Å². The summed E-state index contributed by atoms with van der Waals surface area (Å²) in [7, 11) is 0. The molecular weight excluding hydrogens is 753 g/mol. The quantitative estimate of drug-likeness (QED) is 0.178. The fourth-order valence-electron chi connectivity index (χ4n) is 10.5. The fourth-order valence-corrected chi connectivity index (χ4v) is 10.5. The largest absolute Gasteiger partial charge is 0.456 e. The molecule has 2 aliphatic carbocycles. The number of fused-ring (bicyclic) bond motifs is 15. The summed E-state index contributed by atoms with van der Waals surface area (Å²) in [5, 5.41) is 2.11. The van der Waals surface area contributed by atoms with Crippen LogP contribution in [0.4, 0.5) is 0 Å². The standard InChI is InChI=1S/C59H36N2O/c1-2-15-37(16-3-1)38-29-31-39(32-30-38)53-36-54(47-23-14-28-56-57(47)48-22-9-13-27-55(48)62-56)61-58(60-53)40-33-34-46-42-18-5-4-17-41(42)43-19-6-10-24-49(43)59(52(46)35-40)50-25-11-7-20-44(50)45-21-8-12-26-51(45)59/h1-36H. The van der Waals surface area contributed by atoms with E-state index in [4.69, 9.17) is 14.4 Å². The van der Waals surface area contributed by atoms with E-state index in [1.165, 1.54) is 61.2 Å². The number of hydrogen-bond donors (Lipinski definition) is 0. The third-order valence-corrected chi connectivity index (χ3v) is 13.2. The van der Waals surface area contributed by atoms with Gasteiger partial charge < -0.3 is 4.42 Å². The summed E-state index contributed by atoms with van der Waals surface area (Å²) in [6.45, 7) is 0. The molecule has 0 N–H and O–H groups in total. The van der Waals surface area contributed by atoms with Crippen molar-refractivity contribution in [2.24, 2.45) is 0 Å². The number of hydrogen-bond acceptors (Lipinski definition) is 3. The molecule has 13 rings (SSSR count). The van der Waals surface area contributed by atoms with Crippen molar-refractivity contribution < 1.29 is 4.42 Å². The third-order valence-electron chi connectivity index (χ3n) is 13.2. The van der Waals surface area contributed by atoms with E-state index in [9.17, 15) is 0 Å². The Balaban J connectivity index is 1.10. The van der Waals surface area contributed by atoms with Gasteiger partial charge in [-0.15, -0.1) is 0 Å². The normalized spacial score (nSPS) is 13.0. The Labute approximate surface area is 359 Å². The summed E-state index contributed by atoms with van der Waals surface area (Å²) in [5.74, 6) is 0.665. The van der Waals surface area contributed by atoms with Gasteiger partial charge >= 0.3 is 0 Å². The van der Waals surface area contributed by atoms with Gasteiger partial charge in [0.25, 0.3) is 0 Å². The van der Waals surface area contributed by atoms with Crippen molar-refractivity contribution in [2.75, 3.05) is 0 Å². The van der Waals surface area contributed by atoms with Crippen LogP contribution in [0.1, 0.15) is 22.3 Å². The van der Waals surface area contributed by atoms with Crippen LogP contribution in [0.5, 0.6) is 0 Å². The highest BCUT2D eigenvalue weighted by Crippen LogP contribution is 2.61. The molecule has 288 valence electrons. The molecule has 1 spiro atoms. The summed E-state index contributed by atoms with van der Waals surface area (Å²) < 4.78 is 6.40. The summed E-state index contributed by atoms with van der Waals surface area (Å²) in [6.07, 6.45) is 0. The molecule has 0 bridgehead atoms. The lowest BCUT2D eigenvalue weighted by atomic mass is 9.65. The Hall–Kier alpha value is -8.14. The molecule has 3 heteroatoms. The van der Waals surface area contributed by atoms with Gasteiger partial charge in [-0.25, -0.2) is 9.97 Å². The maximum Gasteiger partial charge on any atom is 0.160 e. The van der Waals surface area contributed by atoms with Crippen molar-refractivity contribution in [2.45, 2.75) is 5.41 Å². The number of furan rings is 1. The lowest BCUT2D eigenvalue weighted by Gasteiger charge is -2.35. The van der Waals surface area contributed by atoms with Gasteiger partial charge in [-0.2, -0.15) is 0 Å². The second kappa shape index (κ2) is 13.4. The van der Waals surface area contributed by atoms with Crippen molar-refractivity contribution >= 4 is 21.9 Å². The second-order valence-corrected chi connectivity index (χ2v) is 16.4. The Bertz CT molecular complexity index is 3540. The smallest absolute Gasteiger partial charge is 0.160 e. The van der Waals surface area contributed by atoms with Gasteiger partial charge in [0.05, 0.1) is 16.8 Å². The van der Waals surface area contributed by atoms with Crippen LogP contribution in [0.15, 0.2) is 223 Å². The molecule has 0 unspecified atom stereocenters. The third kappa shape index (κ3) is 5.00. The maximum absolute atomic E-state index is 6.40. The minimum absolute atomic E-state index is 0.608. The summed E-state index contributed by atoms with van der Waals surface area (Å²) in [4.78, 5) is 11.0. The monoisotopic (exact) mass is 788 g/mol. The summed E-state index contributed by atoms with van der Waals surface area (Å²) in [6, 6.07) is 78.7. The van der Waals surface area contributed by atoms with Crippen LogP contribution in [-0.2, 0) is 5.41 Å². The highest BCUT2D eigenvalue weighted by atomic mass is 16.3. The first kappa shape index (κ1) is 34.7. The topological polar surface area (TPSA) is 38.9 Å². The minimum Gasteiger partial charge on any atom is -0.456 e. The molecule has 2 aromatic heterocycles. The van der Waals surface area contributed by atoms with E-state index in [-0.39, 0.29) is 0 Å². The highest BCUT2D eigenvalue weighted by Gasteiger charge is 2.49. The van der Waals surface area contributed by atoms with E-state index in [0.29, 0.717) is 5.82 Å². The second-order valence-electron chi connectivity index (χ2n) is 16.4. The number of aromatic nitrogens is 2. The molecule has 3 nitrogen and oxygen atoms in total. The summed E-state index contributed by atoms with van der Waals surface area (Å²) in [5.41, 5.74) is 20.6. The van der Waals surface area contributed by atoms with Crippen molar-refractivity contribution in [3.63, 3.8) is 0 Å². The van der Waals surface area contributed by atoms with Gasteiger partial charge in [-0.3, -0.25) is 0 Å². The Morgan fingerprint density at radius 2 is 0.790 bits per heavy atom. The molecule has 0 radical (unpaired) electrons. The van der Waals surface area contributed by atoms with Crippen molar-refractivity contribution in [1.82, 2.24) is 9.97 Å². The molecule has 2 heterocycles. The Morgan fingerprint density at radius 3 is 1.48 bits per heavy atom. The zero-order chi connectivity index (χ0) is 40.8. The van der Waals surface area contributed by atoms with Crippen LogP contribution >= 0.6 is 0 Å². The first-order valence-corrected chi connectivity index (χ1v) is 21.2. The molecule has 62 heavy (non-hydrogen) atoms. The SMILES string of the molecule is c1ccc(-c2ccc(-c3cc(-c4cccc5oc6ccccc6c45)nc(-c4ccc5c(c4)C4(c6ccccc6-c6ccccc6-5)c5ccccc5-c5ccccc54)n3)cc2)cc1. The molecular formula is C59H36N2O. The van der Waals surface area contributed by atoms with Gasteiger partial charge in [-0.1, -0.05) is 194 Å². The first-order valence-electron chi connectivity index (χ1n) is 21.2. The van der Waals surface area contributed by atoms with E-state index < -0.39 is 5.41 Å².